The van der Waals surface area contributed by atoms with Crippen molar-refractivity contribution in [1.82, 2.24) is 0 Å². The molecule has 4 heteroatoms. The van der Waals surface area contributed by atoms with Gasteiger partial charge in [0.15, 0.2) is 0 Å². The first-order valence-electron chi connectivity index (χ1n) is 5.24. The molecular formula is C12H18O3Si. The number of benzene rings is 1. The number of aromatic carboxylic acids is 1. The third-order valence-electron chi connectivity index (χ3n) is 2.14. The fourth-order valence-corrected chi connectivity index (χ4v) is 2.50. The minimum absolute atomic E-state index is 0.378. The molecule has 0 bridgehead atoms. The van der Waals surface area contributed by atoms with Gasteiger partial charge < -0.3 is 9.53 Å². The van der Waals surface area contributed by atoms with Crippen LogP contribution in [0.1, 0.15) is 21.5 Å². The Morgan fingerprint density at radius 1 is 1.19 bits per heavy atom. The summed E-state index contributed by atoms with van der Waals surface area (Å²) in [6, 6.07) is 3.60. The van der Waals surface area contributed by atoms with E-state index in [1.807, 2.05) is 0 Å². The Labute approximate surface area is 97.2 Å². The number of rotatable bonds is 3. The molecule has 0 amide bonds. The molecule has 1 N–H and O–H groups in total. The Balaban J connectivity index is 3.15. The van der Waals surface area contributed by atoms with Crippen molar-refractivity contribution in [3.8, 4) is 5.75 Å². The predicted molar refractivity (Wildman–Crippen MR) is 66.8 cm³/mol. The fourth-order valence-electron chi connectivity index (χ4n) is 1.67. The molecule has 16 heavy (non-hydrogen) atoms. The maximum atomic E-state index is 11.0. The van der Waals surface area contributed by atoms with Crippen LogP contribution < -0.4 is 4.43 Å². The van der Waals surface area contributed by atoms with Crippen molar-refractivity contribution < 1.29 is 14.3 Å². The van der Waals surface area contributed by atoms with Gasteiger partial charge in [0.1, 0.15) is 5.75 Å². The topological polar surface area (TPSA) is 46.5 Å². The predicted octanol–water partition coefficient (Wildman–Crippen LogP) is 3.22. The number of carboxylic acids is 1. The Kier molecular flexibility index (Phi) is 3.43. The van der Waals surface area contributed by atoms with Gasteiger partial charge in [-0.2, -0.15) is 0 Å². The summed E-state index contributed by atoms with van der Waals surface area (Å²) in [5.41, 5.74) is 1.88. The summed E-state index contributed by atoms with van der Waals surface area (Å²) in [5, 5.41) is 9.04. The van der Waals surface area contributed by atoms with E-state index in [-0.39, 0.29) is 0 Å². The summed E-state index contributed by atoms with van der Waals surface area (Å²) in [4.78, 5) is 11.0. The Morgan fingerprint density at radius 2 is 1.62 bits per heavy atom. The van der Waals surface area contributed by atoms with E-state index in [0.717, 1.165) is 16.9 Å². The van der Waals surface area contributed by atoms with Gasteiger partial charge in [-0.15, -0.1) is 0 Å². The van der Waals surface area contributed by atoms with E-state index in [2.05, 4.69) is 19.6 Å². The molecule has 0 atom stereocenters. The lowest BCUT2D eigenvalue weighted by molar-refractivity contribution is 0.0695. The maximum Gasteiger partial charge on any atom is 0.336 e. The first-order valence-corrected chi connectivity index (χ1v) is 8.65. The van der Waals surface area contributed by atoms with Crippen molar-refractivity contribution >= 4 is 14.3 Å². The van der Waals surface area contributed by atoms with Crippen molar-refractivity contribution in [3.63, 3.8) is 0 Å². The van der Waals surface area contributed by atoms with E-state index in [0.29, 0.717) is 5.56 Å². The summed E-state index contributed by atoms with van der Waals surface area (Å²) in [6.45, 7) is 9.90. The molecule has 0 aliphatic heterocycles. The third-order valence-corrected chi connectivity index (χ3v) is 2.99. The summed E-state index contributed by atoms with van der Waals surface area (Å²) < 4.78 is 5.84. The van der Waals surface area contributed by atoms with Crippen molar-refractivity contribution in [2.45, 2.75) is 33.5 Å². The number of carbonyl (C=O) groups is 1. The molecule has 1 rings (SSSR count). The van der Waals surface area contributed by atoms with Crippen LogP contribution >= 0.6 is 0 Å². The van der Waals surface area contributed by atoms with Crippen LogP contribution in [0.3, 0.4) is 0 Å². The van der Waals surface area contributed by atoms with Gasteiger partial charge in [-0.05, 0) is 56.7 Å². The Morgan fingerprint density at radius 3 is 1.94 bits per heavy atom. The molecule has 0 unspecified atom stereocenters. The summed E-state index contributed by atoms with van der Waals surface area (Å²) >= 11 is 0. The minimum atomic E-state index is -1.64. The fraction of sp³-hybridized carbons (Fsp3) is 0.417. The molecule has 0 aliphatic rings. The molecular weight excluding hydrogens is 220 g/mol. The molecule has 1 aromatic carbocycles. The first kappa shape index (κ1) is 12.8. The van der Waals surface area contributed by atoms with Crippen LogP contribution in [0, 0.1) is 13.8 Å². The minimum Gasteiger partial charge on any atom is -0.544 e. The van der Waals surface area contributed by atoms with Crippen molar-refractivity contribution in [2.75, 3.05) is 0 Å². The van der Waals surface area contributed by atoms with Crippen molar-refractivity contribution in [2.24, 2.45) is 0 Å². The van der Waals surface area contributed by atoms with Gasteiger partial charge in [-0.3, -0.25) is 0 Å². The SMILES string of the molecule is Cc1cc(O[Si](C)(C)C)cc(C)c1C(=O)O. The molecule has 0 aliphatic carbocycles. The number of aryl methyl sites for hydroxylation is 2. The van der Waals surface area contributed by atoms with E-state index >= 15 is 0 Å². The van der Waals surface area contributed by atoms with Crippen LogP contribution in [0.2, 0.25) is 19.6 Å². The number of hydrogen-bond acceptors (Lipinski definition) is 2. The monoisotopic (exact) mass is 238 g/mol. The van der Waals surface area contributed by atoms with Crippen molar-refractivity contribution in [1.29, 1.82) is 0 Å². The number of hydrogen-bond donors (Lipinski definition) is 1. The molecule has 0 radical (unpaired) electrons. The second-order valence-corrected chi connectivity index (χ2v) is 9.38. The average molecular weight is 238 g/mol. The number of carboxylic acid groups (broad SMARTS) is 1. The summed E-state index contributed by atoms with van der Waals surface area (Å²) in [5.74, 6) is -0.103. The lowest BCUT2D eigenvalue weighted by Crippen LogP contribution is -2.29. The van der Waals surface area contributed by atoms with E-state index in [1.165, 1.54) is 0 Å². The highest BCUT2D eigenvalue weighted by atomic mass is 28.4. The molecule has 0 fully saturated rings. The molecule has 1 aromatic rings. The molecule has 3 nitrogen and oxygen atoms in total. The summed E-state index contributed by atoms with van der Waals surface area (Å²) in [6.07, 6.45) is 0. The Hall–Kier alpha value is -1.29. The maximum absolute atomic E-state index is 11.0. The van der Waals surface area contributed by atoms with Crippen LogP contribution in [0.5, 0.6) is 5.75 Å². The zero-order valence-electron chi connectivity index (χ0n) is 10.4. The highest BCUT2D eigenvalue weighted by molar-refractivity contribution is 6.70. The molecule has 0 saturated carbocycles. The van der Waals surface area contributed by atoms with Gasteiger partial charge in [0.2, 0.25) is 8.32 Å². The average Bonchev–Trinajstić information content (AvgIpc) is 1.96. The van der Waals surface area contributed by atoms with Gasteiger partial charge in [0.25, 0.3) is 0 Å². The van der Waals surface area contributed by atoms with E-state index in [1.54, 1.807) is 26.0 Å². The van der Waals surface area contributed by atoms with Gasteiger partial charge in [0, 0.05) is 0 Å². The molecule has 0 saturated heterocycles. The van der Waals surface area contributed by atoms with Crippen LogP contribution in [-0.2, 0) is 0 Å². The van der Waals surface area contributed by atoms with Crippen LogP contribution in [0.25, 0.3) is 0 Å². The standard InChI is InChI=1S/C12H18O3Si/c1-8-6-10(15-16(3,4)5)7-9(2)11(8)12(13)14/h6-7H,1-5H3,(H,13,14). The highest BCUT2D eigenvalue weighted by Crippen LogP contribution is 2.24. The molecule has 0 spiro atoms. The molecule has 0 aromatic heterocycles. The van der Waals surface area contributed by atoms with E-state index in [9.17, 15) is 4.79 Å². The highest BCUT2D eigenvalue weighted by Gasteiger charge is 2.18. The quantitative estimate of drug-likeness (QED) is 0.822. The van der Waals surface area contributed by atoms with Crippen LogP contribution in [0.15, 0.2) is 12.1 Å². The summed E-state index contributed by atoms with van der Waals surface area (Å²) in [7, 11) is -1.64. The zero-order chi connectivity index (χ0) is 12.5. The van der Waals surface area contributed by atoms with Gasteiger partial charge in [-0.1, -0.05) is 0 Å². The smallest absolute Gasteiger partial charge is 0.336 e. The van der Waals surface area contributed by atoms with E-state index < -0.39 is 14.3 Å². The largest absolute Gasteiger partial charge is 0.544 e. The van der Waals surface area contributed by atoms with Crippen LogP contribution in [0.4, 0.5) is 0 Å². The Bertz CT molecular complexity index is 396. The lowest BCUT2D eigenvalue weighted by Gasteiger charge is -2.20. The second-order valence-electron chi connectivity index (χ2n) is 4.95. The third kappa shape index (κ3) is 3.10. The normalized spacial score (nSPS) is 11.3. The van der Waals surface area contributed by atoms with Gasteiger partial charge in [0.05, 0.1) is 5.56 Å². The van der Waals surface area contributed by atoms with Crippen molar-refractivity contribution in [3.05, 3.63) is 28.8 Å². The zero-order valence-corrected chi connectivity index (χ0v) is 11.4. The first-order chi connectivity index (χ1) is 7.20. The van der Waals surface area contributed by atoms with Gasteiger partial charge >= 0.3 is 5.97 Å². The molecule has 88 valence electrons. The van der Waals surface area contributed by atoms with E-state index in [4.69, 9.17) is 9.53 Å². The second kappa shape index (κ2) is 4.29. The van der Waals surface area contributed by atoms with Crippen LogP contribution in [-0.4, -0.2) is 19.4 Å². The van der Waals surface area contributed by atoms with Gasteiger partial charge in [-0.25, -0.2) is 4.79 Å². The lowest BCUT2D eigenvalue weighted by atomic mass is 10.0. The molecule has 0 heterocycles.